The standard InChI is InChI=1S/C10H14N2O4S2/c1-11-5-8(13)6-12(7-9(11)14)18(15,16)10-3-2-4-17-10/h2-4,8,13H,5-7H2,1H3. The third-order valence-electron chi connectivity index (χ3n) is 2.73. The van der Waals surface area contributed by atoms with Crippen molar-refractivity contribution in [3.63, 3.8) is 0 Å². The molecule has 0 radical (unpaired) electrons. The molecule has 1 aliphatic heterocycles. The normalized spacial score (nSPS) is 25.8. The third-order valence-corrected chi connectivity index (χ3v) is 5.91. The Labute approximate surface area is 110 Å². The molecule has 2 heterocycles. The lowest BCUT2D eigenvalue weighted by Gasteiger charge is -2.24. The number of β-amino-alcohol motifs (C(OH)–C–C–N with tert-alkyl or cyclic N) is 1. The molecule has 1 fully saturated rings. The third kappa shape index (κ3) is 2.62. The second-order valence-electron chi connectivity index (χ2n) is 4.16. The molecule has 0 aliphatic carbocycles. The molecule has 0 aromatic carbocycles. The van der Waals surface area contributed by atoms with E-state index in [0.29, 0.717) is 0 Å². The van der Waals surface area contributed by atoms with Crippen LogP contribution in [-0.4, -0.2) is 57.6 Å². The molecule has 1 aromatic rings. The first-order valence-corrected chi connectivity index (χ1v) is 7.69. The zero-order valence-electron chi connectivity index (χ0n) is 9.81. The predicted octanol–water partition coefficient (Wildman–Crippen LogP) is -0.213. The summed E-state index contributed by atoms with van der Waals surface area (Å²) in [6, 6.07) is 3.13. The molecule has 2 atom stereocenters. The number of sulfonamides is 1. The van der Waals surface area contributed by atoms with Crippen LogP contribution in [0.15, 0.2) is 21.7 Å². The van der Waals surface area contributed by atoms with Gasteiger partial charge in [0, 0.05) is 19.7 Å². The van der Waals surface area contributed by atoms with E-state index in [1.165, 1.54) is 11.0 Å². The van der Waals surface area contributed by atoms with E-state index in [2.05, 4.69) is 0 Å². The maximum Gasteiger partial charge on any atom is 0.241 e. The number of aliphatic hydroxyl groups excluding tert-OH is 1. The van der Waals surface area contributed by atoms with Crippen LogP contribution in [0.25, 0.3) is 0 Å². The topological polar surface area (TPSA) is 83.9 Å². The molecule has 0 bridgehead atoms. The first kappa shape index (κ1) is 13.6. The van der Waals surface area contributed by atoms with Crippen LogP contribution in [0.3, 0.4) is 0 Å². The first-order chi connectivity index (χ1) is 8.41. The van der Waals surface area contributed by atoms with Gasteiger partial charge in [0.25, 0.3) is 0 Å². The summed E-state index contributed by atoms with van der Waals surface area (Å²) in [6.07, 6.45) is -0.865. The minimum Gasteiger partial charge on any atom is -0.592 e. The van der Waals surface area contributed by atoms with Gasteiger partial charge in [0.2, 0.25) is 10.1 Å². The average Bonchev–Trinajstić information content (AvgIpc) is 2.77. The zero-order chi connectivity index (χ0) is 13.3. The quantitative estimate of drug-likeness (QED) is 0.764. The summed E-state index contributed by atoms with van der Waals surface area (Å²) in [5.41, 5.74) is 0. The van der Waals surface area contributed by atoms with Gasteiger partial charge in [-0.25, -0.2) is 0 Å². The SMILES string of the molecule is CN1CC(O)CN([S+](=O)([O-])c2cccs2)CC1=O. The van der Waals surface area contributed by atoms with Crippen LogP contribution in [0.5, 0.6) is 0 Å². The summed E-state index contributed by atoms with van der Waals surface area (Å²) >= 11 is 1.10. The molecule has 1 aliphatic rings. The van der Waals surface area contributed by atoms with Crippen molar-refractivity contribution < 1.29 is 18.7 Å². The van der Waals surface area contributed by atoms with E-state index in [1.807, 2.05) is 0 Å². The minimum absolute atomic E-state index is 0.0592. The number of hydrogen-bond donors (Lipinski definition) is 1. The highest BCUT2D eigenvalue weighted by atomic mass is 32.3. The first-order valence-electron chi connectivity index (χ1n) is 5.37. The number of carbonyl (C=O) groups is 1. The Hall–Kier alpha value is -0.800. The molecular weight excluding hydrogens is 276 g/mol. The maximum absolute atomic E-state index is 12.3. The Morgan fingerprint density at radius 1 is 1.56 bits per heavy atom. The summed E-state index contributed by atoms with van der Waals surface area (Å²) < 4.78 is 25.7. The molecule has 0 spiro atoms. The van der Waals surface area contributed by atoms with Gasteiger partial charge < -0.3 is 14.6 Å². The van der Waals surface area contributed by atoms with Crippen LogP contribution in [0.2, 0.25) is 0 Å². The Kier molecular flexibility index (Phi) is 3.83. The van der Waals surface area contributed by atoms with Gasteiger partial charge in [-0.05, 0) is 11.4 Å². The van der Waals surface area contributed by atoms with Gasteiger partial charge >= 0.3 is 0 Å². The van der Waals surface area contributed by atoms with Crippen molar-refractivity contribution in [2.45, 2.75) is 10.3 Å². The number of hydrogen-bond acceptors (Lipinski definition) is 5. The van der Waals surface area contributed by atoms with Crippen molar-refractivity contribution in [3.05, 3.63) is 17.5 Å². The second kappa shape index (κ2) is 5.06. The average molecular weight is 290 g/mol. The molecule has 1 aromatic heterocycles. The summed E-state index contributed by atoms with van der Waals surface area (Å²) in [5.74, 6) is -0.313. The highest BCUT2D eigenvalue weighted by Crippen LogP contribution is 2.26. The molecular formula is C10H14N2O4S2. The van der Waals surface area contributed by atoms with Crippen molar-refractivity contribution in [1.29, 1.82) is 0 Å². The summed E-state index contributed by atoms with van der Waals surface area (Å²) in [6.45, 7) is -0.139. The maximum atomic E-state index is 12.3. The predicted molar refractivity (Wildman–Crippen MR) is 66.6 cm³/mol. The van der Waals surface area contributed by atoms with Crippen LogP contribution >= 0.6 is 11.3 Å². The van der Waals surface area contributed by atoms with Gasteiger partial charge in [-0.1, -0.05) is 15.5 Å². The van der Waals surface area contributed by atoms with Gasteiger partial charge in [-0.3, -0.25) is 4.79 Å². The van der Waals surface area contributed by atoms with E-state index in [4.69, 9.17) is 0 Å². The second-order valence-corrected chi connectivity index (χ2v) is 7.27. The van der Waals surface area contributed by atoms with Crippen LogP contribution in [0, 0.1) is 0 Å². The molecule has 1 amide bonds. The molecule has 100 valence electrons. The number of amides is 1. The smallest absolute Gasteiger partial charge is 0.241 e. The Bertz CT molecular complexity index is 476. The summed E-state index contributed by atoms with van der Waals surface area (Å²) in [5, 5.41) is 11.4. The van der Waals surface area contributed by atoms with Crippen molar-refractivity contribution in [1.82, 2.24) is 9.21 Å². The Balaban J connectivity index is 2.27. The molecule has 2 unspecified atom stereocenters. The lowest BCUT2D eigenvalue weighted by atomic mass is 10.3. The van der Waals surface area contributed by atoms with Crippen molar-refractivity contribution in [2.24, 2.45) is 0 Å². The molecule has 6 nitrogen and oxygen atoms in total. The molecule has 1 saturated heterocycles. The van der Waals surface area contributed by atoms with Gasteiger partial charge in [-0.15, -0.1) is 4.31 Å². The van der Waals surface area contributed by atoms with E-state index in [0.717, 1.165) is 15.6 Å². The molecule has 18 heavy (non-hydrogen) atoms. The van der Waals surface area contributed by atoms with Crippen LogP contribution in [-0.2, 0) is 19.4 Å². The number of likely N-dealkylation sites (N-methyl/N-ethyl adjacent to an activating group) is 1. The van der Waals surface area contributed by atoms with Crippen molar-refractivity contribution >= 4 is 27.6 Å². The van der Waals surface area contributed by atoms with Gasteiger partial charge in [0.15, 0.2) is 10.4 Å². The fraction of sp³-hybridized carbons (Fsp3) is 0.500. The molecule has 1 N–H and O–H groups in total. The van der Waals surface area contributed by atoms with Gasteiger partial charge in [-0.2, -0.15) is 0 Å². The minimum atomic E-state index is -3.69. The number of nitrogens with zero attached hydrogens (tertiary/aromatic N) is 2. The number of carbonyl (C=O) groups excluding carboxylic acids is 1. The van der Waals surface area contributed by atoms with E-state index >= 15 is 0 Å². The van der Waals surface area contributed by atoms with Crippen LogP contribution < -0.4 is 0 Å². The summed E-state index contributed by atoms with van der Waals surface area (Å²) in [4.78, 5) is 13.0. The summed E-state index contributed by atoms with van der Waals surface area (Å²) in [7, 11) is -2.14. The highest BCUT2D eigenvalue weighted by molar-refractivity contribution is 7.97. The largest absolute Gasteiger partial charge is 0.592 e. The molecule has 2 rings (SSSR count). The lowest BCUT2D eigenvalue weighted by molar-refractivity contribution is -0.129. The highest BCUT2D eigenvalue weighted by Gasteiger charge is 2.37. The lowest BCUT2D eigenvalue weighted by Crippen LogP contribution is -2.42. The van der Waals surface area contributed by atoms with E-state index in [9.17, 15) is 18.7 Å². The number of rotatable bonds is 2. The van der Waals surface area contributed by atoms with Gasteiger partial charge in [0.1, 0.15) is 6.54 Å². The van der Waals surface area contributed by atoms with E-state index in [-0.39, 0.29) is 29.8 Å². The van der Waals surface area contributed by atoms with Crippen molar-refractivity contribution in [2.75, 3.05) is 26.7 Å². The fourth-order valence-corrected chi connectivity index (χ4v) is 4.34. The Morgan fingerprint density at radius 2 is 2.28 bits per heavy atom. The zero-order valence-corrected chi connectivity index (χ0v) is 11.4. The van der Waals surface area contributed by atoms with E-state index in [1.54, 1.807) is 18.5 Å². The fourth-order valence-electron chi connectivity index (χ4n) is 1.77. The van der Waals surface area contributed by atoms with E-state index < -0.39 is 16.5 Å². The van der Waals surface area contributed by atoms with Crippen LogP contribution in [0.1, 0.15) is 0 Å². The van der Waals surface area contributed by atoms with Crippen molar-refractivity contribution in [3.8, 4) is 0 Å². The van der Waals surface area contributed by atoms with Gasteiger partial charge in [0.05, 0.1) is 12.6 Å². The molecule has 8 heteroatoms. The Morgan fingerprint density at radius 3 is 2.89 bits per heavy atom. The molecule has 0 saturated carbocycles. The monoisotopic (exact) mass is 290 g/mol. The number of aliphatic hydroxyl groups is 1. The van der Waals surface area contributed by atoms with Crippen LogP contribution in [0.4, 0.5) is 0 Å². The number of thiophene rings is 1.